The van der Waals surface area contributed by atoms with Gasteiger partial charge in [-0.25, -0.2) is 0 Å². The molecule has 0 radical (unpaired) electrons. The van der Waals surface area contributed by atoms with E-state index in [0.717, 1.165) is 0 Å². The molecule has 0 aromatic heterocycles. The van der Waals surface area contributed by atoms with Crippen LogP contribution in [0.4, 0.5) is 0 Å². The van der Waals surface area contributed by atoms with Gasteiger partial charge in [0.1, 0.15) is 0 Å². The van der Waals surface area contributed by atoms with Crippen LogP contribution in [0.5, 0.6) is 0 Å². The van der Waals surface area contributed by atoms with E-state index in [1.807, 2.05) is 18.7 Å². The largest absolute Gasteiger partial charge is 0.375 e. The first-order valence-electron chi connectivity index (χ1n) is 4.74. The van der Waals surface area contributed by atoms with Gasteiger partial charge in [-0.2, -0.15) is 0 Å². The number of nitrogens with zero attached hydrogens (tertiary/aromatic N) is 1. The first-order valence-corrected chi connectivity index (χ1v) is 4.74. The maximum atomic E-state index is 11.5. The zero-order valence-electron chi connectivity index (χ0n) is 8.32. The topological polar surface area (TPSA) is 55.6 Å². The van der Waals surface area contributed by atoms with Gasteiger partial charge in [0.05, 0.1) is 12.7 Å². The summed E-state index contributed by atoms with van der Waals surface area (Å²) in [7, 11) is 0. The molecule has 4 heteroatoms. The summed E-state index contributed by atoms with van der Waals surface area (Å²) < 4.78 is 5.34. The van der Waals surface area contributed by atoms with Crippen LogP contribution >= 0.6 is 0 Å². The van der Waals surface area contributed by atoms with E-state index >= 15 is 0 Å². The molecular weight excluding hydrogens is 168 g/mol. The van der Waals surface area contributed by atoms with E-state index in [9.17, 15) is 4.79 Å². The number of morpholine rings is 1. The first kappa shape index (κ1) is 10.5. The molecule has 1 fully saturated rings. The molecule has 1 amide bonds. The number of carbonyl (C=O) groups is 1. The maximum Gasteiger partial charge on any atom is 0.224 e. The Kier molecular flexibility index (Phi) is 3.69. The molecule has 0 bridgehead atoms. The fourth-order valence-electron chi connectivity index (χ4n) is 1.45. The highest BCUT2D eigenvalue weighted by atomic mass is 16.5. The maximum absolute atomic E-state index is 11.5. The lowest BCUT2D eigenvalue weighted by Gasteiger charge is -2.31. The van der Waals surface area contributed by atoms with Gasteiger partial charge in [-0.15, -0.1) is 0 Å². The lowest BCUT2D eigenvalue weighted by atomic mass is 10.2. The van der Waals surface area contributed by atoms with Gasteiger partial charge < -0.3 is 15.4 Å². The van der Waals surface area contributed by atoms with Crippen LogP contribution in [0.2, 0.25) is 0 Å². The van der Waals surface area contributed by atoms with Crippen molar-refractivity contribution in [2.75, 3.05) is 19.7 Å². The van der Waals surface area contributed by atoms with Crippen LogP contribution in [0.25, 0.3) is 0 Å². The molecule has 0 saturated carbocycles. The van der Waals surface area contributed by atoms with E-state index < -0.39 is 0 Å². The molecule has 0 aliphatic carbocycles. The Balaban J connectivity index is 2.37. The SMILES string of the molecule is CC(N)CC(=O)N1CCOC(C)C1. The monoisotopic (exact) mass is 186 g/mol. The zero-order chi connectivity index (χ0) is 9.84. The van der Waals surface area contributed by atoms with Crippen LogP contribution < -0.4 is 5.73 Å². The fourth-order valence-corrected chi connectivity index (χ4v) is 1.45. The van der Waals surface area contributed by atoms with Crippen LogP contribution in [-0.2, 0) is 9.53 Å². The molecule has 2 atom stereocenters. The predicted octanol–water partition coefficient (Wildman–Crippen LogP) is -0.0290. The quantitative estimate of drug-likeness (QED) is 0.659. The van der Waals surface area contributed by atoms with Crippen molar-refractivity contribution in [2.24, 2.45) is 5.73 Å². The molecule has 1 heterocycles. The summed E-state index contributed by atoms with van der Waals surface area (Å²) in [6, 6.07) is -0.0503. The summed E-state index contributed by atoms with van der Waals surface area (Å²) in [6.07, 6.45) is 0.595. The second-order valence-corrected chi connectivity index (χ2v) is 3.70. The van der Waals surface area contributed by atoms with Crippen molar-refractivity contribution in [1.29, 1.82) is 0 Å². The summed E-state index contributed by atoms with van der Waals surface area (Å²) in [4.78, 5) is 13.4. The highest BCUT2D eigenvalue weighted by Gasteiger charge is 2.21. The third-order valence-electron chi connectivity index (χ3n) is 2.09. The molecule has 2 unspecified atom stereocenters. The molecule has 1 aliphatic heterocycles. The van der Waals surface area contributed by atoms with Gasteiger partial charge in [0.2, 0.25) is 5.91 Å². The minimum atomic E-state index is -0.0503. The Morgan fingerprint density at radius 2 is 2.46 bits per heavy atom. The van der Waals surface area contributed by atoms with E-state index in [-0.39, 0.29) is 18.1 Å². The molecule has 1 saturated heterocycles. The minimum Gasteiger partial charge on any atom is -0.375 e. The van der Waals surface area contributed by atoms with Gasteiger partial charge in [0.25, 0.3) is 0 Å². The molecule has 1 aliphatic rings. The van der Waals surface area contributed by atoms with Crippen molar-refractivity contribution in [1.82, 2.24) is 4.90 Å². The van der Waals surface area contributed by atoms with Crippen molar-refractivity contribution >= 4 is 5.91 Å². The number of amides is 1. The Bertz CT molecular complexity index is 182. The van der Waals surface area contributed by atoms with Crippen LogP contribution in [0.3, 0.4) is 0 Å². The Labute approximate surface area is 79.0 Å². The molecule has 0 aromatic rings. The third kappa shape index (κ3) is 3.32. The summed E-state index contributed by atoms with van der Waals surface area (Å²) in [5.41, 5.74) is 5.56. The Morgan fingerprint density at radius 3 is 3.00 bits per heavy atom. The van der Waals surface area contributed by atoms with Gasteiger partial charge in [-0.1, -0.05) is 0 Å². The van der Waals surface area contributed by atoms with Crippen molar-refractivity contribution in [2.45, 2.75) is 32.4 Å². The normalized spacial score (nSPS) is 25.8. The second-order valence-electron chi connectivity index (χ2n) is 3.70. The zero-order valence-corrected chi connectivity index (χ0v) is 8.32. The molecule has 0 aromatic carbocycles. The molecular formula is C9H18N2O2. The lowest BCUT2D eigenvalue weighted by Crippen LogP contribution is -2.45. The van der Waals surface area contributed by atoms with E-state index in [1.54, 1.807) is 0 Å². The fraction of sp³-hybridized carbons (Fsp3) is 0.889. The van der Waals surface area contributed by atoms with Crippen LogP contribution in [0, 0.1) is 0 Å². The average molecular weight is 186 g/mol. The van der Waals surface area contributed by atoms with Crippen molar-refractivity contribution < 1.29 is 9.53 Å². The predicted molar refractivity (Wildman–Crippen MR) is 50.3 cm³/mol. The Morgan fingerprint density at radius 1 is 1.77 bits per heavy atom. The van der Waals surface area contributed by atoms with Gasteiger partial charge in [0, 0.05) is 25.6 Å². The molecule has 13 heavy (non-hydrogen) atoms. The van der Waals surface area contributed by atoms with Crippen LogP contribution in [-0.4, -0.2) is 42.6 Å². The summed E-state index contributed by atoms with van der Waals surface area (Å²) in [6.45, 7) is 5.88. The van der Waals surface area contributed by atoms with Crippen LogP contribution in [0.15, 0.2) is 0 Å². The molecule has 4 nitrogen and oxygen atoms in total. The second kappa shape index (κ2) is 4.58. The van der Waals surface area contributed by atoms with Crippen molar-refractivity contribution in [3.05, 3.63) is 0 Å². The number of rotatable bonds is 2. The van der Waals surface area contributed by atoms with E-state index in [4.69, 9.17) is 10.5 Å². The molecule has 76 valence electrons. The highest BCUT2D eigenvalue weighted by Crippen LogP contribution is 2.06. The number of hydrogen-bond acceptors (Lipinski definition) is 3. The van der Waals surface area contributed by atoms with Crippen LogP contribution in [0.1, 0.15) is 20.3 Å². The first-order chi connectivity index (χ1) is 6.09. The number of hydrogen-bond donors (Lipinski definition) is 1. The van der Waals surface area contributed by atoms with Gasteiger partial charge >= 0.3 is 0 Å². The lowest BCUT2D eigenvalue weighted by molar-refractivity contribution is -0.138. The summed E-state index contributed by atoms with van der Waals surface area (Å²) >= 11 is 0. The molecule has 0 spiro atoms. The van der Waals surface area contributed by atoms with Crippen molar-refractivity contribution in [3.63, 3.8) is 0 Å². The minimum absolute atomic E-state index is 0.0503. The van der Waals surface area contributed by atoms with E-state index in [1.165, 1.54) is 0 Å². The third-order valence-corrected chi connectivity index (χ3v) is 2.09. The van der Waals surface area contributed by atoms with E-state index in [0.29, 0.717) is 26.1 Å². The van der Waals surface area contributed by atoms with Gasteiger partial charge in [-0.05, 0) is 13.8 Å². The Hall–Kier alpha value is -0.610. The van der Waals surface area contributed by atoms with Gasteiger partial charge in [0.15, 0.2) is 0 Å². The number of ether oxygens (including phenoxy) is 1. The number of carbonyl (C=O) groups excluding carboxylic acids is 1. The standard InChI is InChI=1S/C9H18N2O2/c1-7(10)5-9(12)11-3-4-13-8(2)6-11/h7-8H,3-6,10H2,1-2H3. The summed E-state index contributed by atoms with van der Waals surface area (Å²) in [5.74, 6) is 0.144. The molecule has 1 rings (SSSR count). The summed E-state index contributed by atoms with van der Waals surface area (Å²) in [5, 5.41) is 0. The van der Waals surface area contributed by atoms with E-state index in [2.05, 4.69) is 0 Å². The highest BCUT2D eigenvalue weighted by molar-refractivity contribution is 5.76. The van der Waals surface area contributed by atoms with Gasteiger partial charge in [-0.3, -0.25) is 4.79 Å². The average Bonchev–Trinajstić information content (AvgIpc) is 2.03. The number of nitrogens with two attached hydrogens (primary N) is 1. The van der Waals surface area contributed by atoms with Crippen molar-refractivity contribution in [3.8, 4) is 0 Å². The smallest absolute Gasteiger partial charge is 0.224 e. The molecule has 2 N–H and O–H groups in total.